The summed E-state index contributed by atoms with van der Waals surface area (Å²) in [7, 11) is 0. The maximum absolute atomic E-state index is 12.6. The Kier molecular flexibility index (Phi) is 5.40. The molecular formula is C15H11Cl2F3N4OS. The third-order valence-electron chi connectivity index (χ3n) is 3.48. The lowest BCUT2D eigenvalue weighted by Crippen LogP contribution is -2.27. The fourth-order valence-electron chi connectivity index (χ4n) is 2.30. The van der Waals surface area contributed by atoms with E-state index >= 15 is 0 Å². The van der Waals surface area contributed by atoms with E-state index in [1.807, 2.05) is 0 Å². The topological polar surface area (TPSA) is 52.7 Å². The molecule has 2 heterocycles. The minimum absolute atomic E-state index is 0.0722. The summed E-state index contributed by atoms with van der Waals surface area (Å²) in [5, 5.41) is 4.68. The van der Waals surface area contributed by atoms with Gasteiger partial charge < -0.3 is 0 Å². The minimum atomic E-state index is -4.38. The second-order valence-corrected chi connectivity index (χ2v) is 7.50. The van der Waals surface area contributed by atoms with Crippen LogP contribution in [0.1, 0.15) is 11.3 Å². The van der Waals surface area contributed by atoms with Crippen LogP contribution in [0.15, 0.2) is 35.3 Å². The fourth-order valence-corrected chi connectivity index (χ4v) is 3.39. The Morgan fingerprint density at radius 2 is 1.85 bits per heavy atom. The Morgan fingerprint density at radius 1 is 1.15 bits per heavy atom. The van der Waals surface area contributed by atoms with Gasteiger partial charge in [-0.05, 0) is 24.3 Å². The molecule has 0 amide bonds. The van der Waals surface area contributed by atoms with Crippen molar-refractivity contribution in [1.82, 2.24) is 19.3 Å². The molecule has 0 saturated heterocycles. The molecule has 0 unspecified atom stereocenters. The molecule has 0 bridgehead atoms. The van der Waals surface area contributed by atoms with Gasteiger partial charge >= 0.3 is 11.9 Å². The zero-order valence-electron chi connectivity index (χ0n) is 13.0. The van der Waals surface area contributed by atoms with E-state index < -0.39 is 24.8 Å². The summed E-state index contributed by atoms with van der Waals surface area (Å²) in [5.74, 6) is 0.145. The smallest absolute Gasteiger partial charge is 0.275 e. The van der Waals surface area contributed by atoms with E-state index in [2.05, 4.69) is 10.1 Å². The first-order valence-corrected chi connectivity index (χ1v) is 8.91. The van der Waals surface area contributed by atoms with Crippen molar-refractivity contribution in [2.24, 2.45) is 0 Å². The van der Waals surface area contributed by atoms with Crippen LogP contribution in [0.2, 0.25) is 9.49 Å². The van der Waals surface area contributed by atoms with Crippen molar-refractivity contribution in [2.75, 3.05) is 0 Å². The second-order valence-electron chi connectivity index (χ2n) is 5.37. The zero-order valence-corrected chi connectivity index (χ0v) is 15.3. The van der Waals surface area contributed by atoms with Gasteiger partial charge in [-0.1, -0.05) is 23.2 Å². The highest BCUT2D eigenvalue weighted by Crippen LogP contribution is 2.24. The quantitative estimate of drug-likeness (QED) is 0.609. The van der Waals surface area contributed by atoms with Crippen LogP contribution in [0.4, 0.5) is 13.2 Å². The molecule has 0 aliphatic rings. The monoisotopic (exact) mass is 422 g/mol. The summed E-state index contributed by atoms with van der Waals surface area (Å²) in [6.07, 6.45) is -4.02. The predicted octanol–water partition coefficient (Wildman–Crippen LogP) is 4.48. The average Bonchev–Trinajstić information content (AvgIpc) is 3.10. The predicted molar refractivity (Wildman–Crippen MR) is 93.8 cm³/mol. The number of benzene rings is 1. The Labute approximate surface area is 159 Å². The Bertz CT molecular complexity index is 963. The molecule has 0 saturated carbocycles. The first-order valence-electron chi connectivity index (χ1n) is 7.33. The molecule has 0 fully saturated rings. The van der Waals surface area contributed by atoms with Gasteiger partial charge in [-0.2, -0.15) is 13.2 Å². The third kappa shape index (κ3) is 4.46. The maximum Gasteiger partial charge on any atom is 0.390 e. The highest BCUT2D eigenvalue weighted by Gasteiger charge is 2.28. The van der Waals surface area contributed by atoms with Gasteiger partial charge in [0.1, 0.15) is 0 Å². The molecule has 0 atom stereocenters. The number of alkyl halides is 3. The zero-order chi connectivity index (χ0) is 18.9. The molecule has 0 N–H and O–H groups in total. The van der Waals surface area contributed by atoms with Gasteiger partial charge in [-0.3, -0.25) is 4.57 Å². The molecule has 3 aromatic rings. The van der Waals surface area contributed by atoms with Crippen molar-refractivity contribution in [3.63, 3.8) is 0 Å². The van der Waals surface area contributed by atoms with Crippen molar-refractivity contribution in [1.29, 1.82) is 0 Å². The van der Waals surface area contributed by atoms with Crippen LogP contribution in [0.3, 0.4) is 0 Å². The molecule has 0 aliphatic heterocycles. The highest BCUT2D eigenvalue weighted by molar-refractivity contribution is 7.15. The number of rotatable bonds is 5. The normalized spacial score (nSPS) is 11.9. The van der Waals surface area contributed by atoms with Gasteiger partial charge in [0, 0.05) is 28.2 Å². The van der Waals surface area contributed by atoms with Crippen molar-refractivity contribution in [2.45, 2.75) is 25.7 Å². The van der Waals surface area contributed by atoms with Crippen LogP contribution < -0.4 is 5.69 Å². The molecule has 1 aromatic carbocycles. The van der Waals surface area contributed by atoms with Gasteiger partial charge in [0.2, 0.25) is 0 Å². The SMILES string of the molecule is O=c1n(Cc2cnc(Cl)s2)nc(-c2ccc(Cl)cc2)n1CCC(F)(F)F. The van der Waals surface area contributed by atoms with Crippen LogP contribution in [-0.2, 0) is 13.1 Å². The van der Waals surface area contributed by atoms with E-state index in [0.29, 0.717) is 19.9 Å². The van der Waals surface area contributed by atoms with E-state index in [-0.39, 0.29) is 12.4 Å². The first kappa shape index (κ1) is 18.9. The van der Waals surface area contributed by atoms with E-state index in [4.69, 9.17) is 23.2 Å². The summed E-state index contributed by atoms with van der Waals surface area (Å²) in [6.45, 7) is -0.452. The Hall–Kier alpha value is -1.84. The van der Waals surface area contributed by atoms with Crippen molar-refractivity contribution >= 4 is 34.5 Å². The first-order chi connectivity index (χ1) is 12.2. The largest absolute Gasteiger partial charge is 0.390 e. The third-order valence-corrected chi connectivity index (χ3v) is 4.83. The molecule has 5 nitrogen and oxygen atoms in total. The summed E-state index contributed by atoms with van der Waals surface area (Å²) < 4.78 is 40.3. The van der Waals surface area contributed by atoms with Gasteiger partial charge in [0.25, 0.3) is 0 Å². The van der Waals surface area contributed by atoms with E-state index in [1.54, 1.807) is 24.3 Å². The molecule has 26 heavy (non-hydrogen) atoms. The van der Waals surface area contributed by atoms with Crippen molar-refractivity contribution in [3.8, 4) is 11.4 Å². The lowest BCUT2D eigenvalue weighted by Gasteiger charge is -2.08. The van der Waals surface area contributed by atoms with Crippen LogP contribution in [0.25, 0.3) is 11.4 Å². The van der Waals surface area contributed by atoms with Gasteiger partial charge in [-0.25, -0.2) is 14.5 Å². The second kappa shape index (κ2) is 7.42. The van der Waals surface area contributed by atoms with Gasteiger partial charge in [0.15, 0.2) is 10.3 Å². The van der Waals surface area contributed by atoms with E-state index in [1.165, 1.54) is 17.5 Å². The maximum atomic E-state index is 12.6. The Balaban J connectivity index is 2.01. The van der Waals surface area contributed by atoms with E-state index in [9.17, 15) is 18.0 Å². The summed E-state index contributed by atoms with van der Waals surface area (Å²) in [4.78, 5) is 17.1. The molecule has 2 aromatic heterocycles. The number of hydrogen-bond acceptors (Lipinski definition) is 4. The Morgan fingerprint density at radius 3 is 2.42 bits per heavy atom. The summed E-state index contributed by atoms with van der Waals surface area (Å²) >= 11 is 12.8. The lowest BCUT2D eigenvalue weighted by molar-refractivity contribution is -0.136. The molecule has 11 heteroatoms. The number of thiazole rings is 1. The van der Waals surface area contributed by atoms with Crippen LogP contribution in [0, 0.1) is 0 Å². The van der Waals surface area contributed by atoms with Crippen molar-refractivity contribution < 1.29 is 13.2 Å². The molecule has 3 rings (SSSR count). The van der Waals surface area contributed by atoms with Crippen molar-refractivity contribution in [3.05, 3.63) is 55.3 Å². The minimum Gasteiger partial charge on any atom is -0.275 e. The fraction of sp³-hybridized carbons (Fsp3) is 0.267. The number of halogens is 5. The number of aromatic nitrogens is 4. The van der Waals surface area contributed by atoms with E-state index in [0.717, 1.165) is 9.25 Å². The molecular weight excluding hydrogens is 412 g/mol. The number of hydrogen-bond donors (Lipinski definition) is 0. The lowest BCUT2D eigenvalue weighted by atomic mass is 10.2. The van der Waals surface area contributed by atoms with Crippen LogP contribution in [-0.4, -0.2) is 25.5 Å². The molecule has 0 spiro atoms. The highest BCUT2D eigenvalue weighted by atomic mass is 35.5. The molecule has 138 valence electrons. The standard InChI is InChI=1S/C15H11Cl2F3N4OS/c16-10-3-1-9(2-4-10)12-22-24(8-11-7-21-13(17)26-11)14(25)23(12)6-5-15(18,19)20/h1-4,7H,5-6,8H2. The van der Waals surface area contributed by atoms with Crippen LogP contribution >= 0.6 is 34.5 Å². The molecule has 0 aliphatic carbocycles. The number of nitrogens with zero attached hydrogens (tertiary/aromatic N) is 4. The van der Waals surface area contributed by atoms with Gasteiger partial charge in [-0.15, -0.1) is 16.4 Å². The van der Waals surface area contributed by atoms with Gasteiger partial charge in [0.05, 0.1) is 13.0 Å². The molecule has 0 radical (unpaired) electrons. The summed E-state index contributed by atoms with van der Waals surface area (Å²) in [5.41, 5.74) is -0.140. The summed E-state index contributed by atoms with van der Waals surface area (Å²) in [6, 6.07) is 6.36. The average molecular weight is 423 g/mol. The van der Waals surface area contributed by atoms with Crippen LogP contribution in [0.5, 0.6) is 0 Å².